The van der Waals surface area contributed by atoms with Gasteiger partial charge in [0, 0.05) is 6.54 Å². The molecule has 0 aliphatic carbocycles. The Labute approximate surface area is 117 Å². The summed E-state index contributed by atoms with van der Waals surface area (Å²) in [7, 11) is 0. The molecule has 0 amide bonds. The summed E-state index contributed by atoms with van der Waals surface area (Å²) in [6.07, 6.45) is 3.86. The summed E-state index contributed by atoms with van der Waals surface area (Å²) in [6, 6.07) is 6.14. The van der Waals surface area contributed by atoms with Gasteiger partial charge in [0.05, 0.1) is 11.0 Å². The molecule has 1 aromatic heterocycles. The maximum atomic E-state index is 10.7. The number of H-pyrrole nitrogens is 1. The van der Waals surface area contributed by atoms with Crippen molar-refractivity contribution in [1.29, 1.82) is 0 Å². The number of likely N-dealkylation sites (tertiary alicyclic amines) is 1. The molecule has 2 heterocycles. The van der Waals surface area contributed by atoms with Crippen molar-refractivity contribution in [3.63, 3.8) is 0 Å². The molecule has 5 nitrogen and oxygen atoms in total. The molecule has 1 aliphatic heterocycles. The Morgan fingerprint density at radius 1 is 1.30 bits per heavy atom. The van der Waals surface area contributed by atoms with Crippen LogP contribution in [-0.4, -0.2) is 39.0 Å². The summed E-state index contributed by atoms with van der Waals surface area (Å²) in [5.74, 6) is -0.347. The largest absolute Gasteiger partial charge is 0.481 e. The van der Waals surface area contributed by atoms with E-state index < -0.39 is 5.97 Å². The first-order chi connectivity index (χ1) is 9.70. The average molecular weight is 273 g/mol. The highest BCUT2D eigenvalue weighted by atomic mass is 16.4. The minimum atomic E-state index is -0.863. The van der Waals surface area contributed by atoms with E-state index >= 15 is 0 Å². The number of piperidine rings is 1. The van der Waals surface area contributed by atoms with Crippen molar-refractivity contribution < 1.29 is 9.90 Å². The number of nitrogens with zero attached hydrogens (tertiary/aromatic N) is 2. The Hall–Kier alpha value is -1.88. The van der Waals surface area contributed by atoms with Crippen LogP contribution in [0.15, 0.2) is 18.2 Å². The standard InChI is InChI=1S/C15H19N3O2/c19-15(20)9-14-16-12-5-4-11(8-13(12)17-14)10-18-6-2-1-3-7-18/h4-5,8H,1-3,6-7,9-10H2,(H,16,17)(H,19,20). The van der Waals surface area contributed by atoms with E-state index in [1.54, 1.807) is 0 Å². The smallest absolute Gasteiger partial charge is 0.311 e. The predicted octanol–water partition coefficient (Wildman–Crippen LogP) is 2.18. The van der Waals surface area contributed by atoms with Crippen molar-refractivity contribution >= 4 is 17.0 Å². The quantitative estimate of drug-likeness (QED) is 0.895. The summed E-state index contributed by atoms with van der Waals surface area (Å²) in [6.45, 7) is 3.31. The molecule has 3 rings (SSSR count). The lowest BCUT2D eigenvalue weighted by Gasteiger charge is -2.26. The Morgan fingerprint density at radius 2 is 2.10 bits per heavy atom. The van der Waals surface area contributed by atoms with Crippen molar-refractivity contribution in [3.05, 3.63) is 29.6 Å². The number of carboxylic acids is 1. The van der Waals surface area contributed by atoms with Crippen LogP contribution in [0, 0.1) is 0 Å². The number of aromatic nitrogens is 2. The van der Waals surface area contributed by atoms with Crippen molar-refractivity contribution in [2.24, 2.45) is 0 Å². The van der Waals surface area contributed by atoms with Crippen molar-refractivity contribution in [2.75, 3.05) is 13.1 Å². The fourth-order valence-corrected chi connectivity index (χ4v) is 2.81. The number of hydrogen-bond acceptors (Lipinski definition) is 3. The van der Waals surface area contributed by atoms with Crippen LogP contribution in [0.1, 0.15) is 30.7 Å². The van der Waals surface area contributed by atoms with Gasteiger partial charge in [-0.3, -0.25) is 9.69 Å². The molecule has 2 N–H and O–H groups in total. The van der Waals surface area contributed by atoms with E-state index in [1.165, 1.54) is 37.9 Å². The summed E-state index contributed by atoms with van der Waals surface area (Å²) >= 11 is 0. The summed E-state index contributed by atoms with van der Waals surface area (Å²) in [5, 5.41) is 8.80. The topological polar surface area (TPSA) is 69.2 Å². The Morgan fingerprint density at radius 3 is 2.85 bits per heavy atom. The van der Waals surface area contributed by atoms with E-state index in [0.29, 0.717) is 5.82 Å². The van der Waals surface area contributed by atoms with E-state index in [9.17, 15) is 4.79 Å². The Bertz CT molecular complexity index is 615. The first-order valence-corrected chi connectivity index (χ1v) is 7.12. The highest BCUT2D eigenvalue weighted by molar-refractivity contribution is 5.77. The molecule has 1 aliphatic rings. The molecule has 106 valence electrons. The van der Waals surface area contributed by atoms with Crippen LogP contribution in [0.4, 0.5) is 0 Å². The number of rotatable bonds is 4. The number of aromatic amines is 1. The molecule has 0 unspecified atom stereocenters. The first-order valence-electron chi connectivity index (χ1n) is 7.12. The minimum absolute atomic E-state index is 0.0594. The fourth-order valence-electron chi connectivity index (χ4n) is 2.81. The third-order valence-corrected chi connectivity index (χ3v) is 3.77. The fraction of sp³-hybridized carbons (Fsp3) is 0.467. The highest BCUT2D eigenvalue weighted by Crippen LogP contribution is 2.17. The second kappa shape index (κ2) is 5.63. The molecule has 0 spiro atoms. The highest BCUT2D eigenvalue weighted by Gasteiger charge is 2.12. The number of hydrogen-bond donors (Lipinski definition) is 2. The van der Waals surface area contributed by atoms with E-state index in [1.807, 2.05) is 6.07 Å². The van der Waals surface area contributed by atoms with Crippen LogP contribution in [0.5, 0.6) is 0 Å². The van der Waals surface area contributed by atoms with E-state index in [-0.39, 0.29) is 6.42 Å². The van der Waals surface area contributed by atoms with Crippen molar-refractivity contribution in [1.82, 2.24) is 14.9 Å². The molecule has 20 heavy (non-hydrogen) atoms. The van der Waals surface area contributed by atoms with Crippen LogP contribution in [0.3, 0.4) is 0 Å². The molecule has 0 bridgehead atoms. The first kappa shape index (κ1) is 13.1. The lowest BCUT2D eigenvalue weighted by atomic mass is 10.1. The zero-order chi connectivity index (χ0) is 13.9. The van der Waals surface area contributed by atoms with Gasteiger partial charge in [0.1, 0.15) is 12.2 Å². The number of benzene rings is 1. The maximum absolute atomic E-state index is 10.7. The third kappa shape index (κ3) is 2.99. The van der Waals surface area contributed by atoms with Crippen LogP contribution >= 0.6 is 0 Å². The van der Waals surface area contributed by atoms with E-state index in [0.717, 1.165) is 17.6 Å². The molecule has 0 atom stereocenters. The zero-order valence-corrected chi connectivity index (χ0v) is 11.4. The van der Waals surface area contributed by atoms with Gasteiger partial charge in [-0.2, -0.15) is 0 Å². The van der Waals surface area contributed by atoms with Crippen LogP contribution in [0.25, 0.3) is 11.0 Å². The summed E-state index contributed by atoms with van der Waals surface area (Å²) in [5.41, 5.74) is 3.02. The van der Waals surface area contributed by atoms with Crippen molar-refractivity contribution in [3.8, 4) is 0 Å². The monoisotopic (exact) mass is 273 g/mol. The summed E-state index contributed by atoms with van der Waals surface area (Å²) < 4.78 is 0. The molecule has 1 aromatic carbocycles. The Kier molecular flexibility index (Phi) is 3.69. The molecule has 0 radical (unpaired) electrons. The van der Waals surface area contributed by atoms with Gasteiger partial charge in [-0.1, -0.05) is 12.5 Å². The van der Waals surface area contributed by atoms with Gasteiger partial charge >= 0.3 is 5.97 Å². The Balaban J connectivity index is 1.77. The average Bonchev–Trinajstić information content (AvgIpc) is 2.80. The molecule has 5 heteroatoms. The second-order valence-electron chi connectivity index (χ2n) is 5.44. The van der Waals surface area contributed by atoms with E-state index in [2.05, 4.69) is 27.0 Å². The van der Waals surface area contributed by atoms with Gasteiger partial charge in [-0.15, -0.1) is 0 Å². The van der Waals surface area contributed by atoms with Gasteiger partial charge in [-0.25, -0.2) is 4.98 Å². The molecule has 2 aromatic rings. The van der Waals surface area contributed by atoms with Gasteiger partial charge in [0.2, 0.25) is 0 Å². The van der Waals surface area contributed by atoms with Gasteiger partial charge in [0.25, 0.3) is 0 Å². The molecular formula is C15H19N3O2. The third-order valence-electron chi connectivity index (χ3n) is 3.77. The predicted molar refractivity (Wildman–Crippen MR) is 76.6 cm³/mol. The molecule has 1 fully saturated rings. The summed E-state index contributed by atoms with van der Waals surface area (Å²) in [4.78, 5) is 20.6. The zero-order valence-electron chi connectivity index (χ0n) is 11.4. The lowest BCUT2D eigenvalue weighted by molar-refractivity contribution is -0.136. The number of aliphatic carboxylic acids is 1. The number of carbonyl (C=O) groups is 1. The van der Waals surface area contributed by atoms with Gasteiger partial charge in [0.15, 0.2) is 0 Å². The lowest BCUT2D eigenvalue weighted by Crippen LogP contribution is -2.29. The number of imidazole rings is 1. The number of carboxylic acid groups (broad SMARTS) is 1. The van der Waals surface area contributed by atoms with Crippen LogP contribution in [-0.2, 0) is 17.8 Å². The van der Waals surface area contributed by atoms with Gasteiger partial charge in [-0.05, 0) is 43.6 Å². The van der Waals surface area contributed by atoms with Crippen molar-refractivity contribution in [2.45, 2.75) is 32.2 Å². The normalized spacial score (nSPS) is 16.6. The number of nitrogens with one attached hydrogen (secondary N) is 1. The molecule has 1 saturated heterocycles. The minimum Gasteiger partial charge on any atom is -0.481 e. The van der Waals surface area contributed by atoms with Crippen LogP contribution < -0.4 is 0 Å². The van der Waals surface area contributed by atoms with Crippen LogP contribution in [0.2, 0.25) is 0 Å². The number of fused-ring (bicyclic) bond motifs is 1. The van der Waals surface area contributed by atoms with Gasteiger partial charge < -0.3 is 10.1 Å². The molecule has 0 saturated carbocycles. The second-order valence-corrected chi connectivity index (χ2v) is 5.44. The van der Waals surface area contributed by atoms with E-state index in [4.69, 9.17) is 5.11 Å². The SMILES string of the molecule is O=C(O)Cc1nc2ccc(CN3CCCCC3)cc2[nH]1. The molecular weight excluding hydrogens is 254 g/mol. The maximum Gasteiger partial charge on any atom is 0.311 e.